The predicted octanol–water partition coefficient (Wildman–Crippen LogP) is 5.57. The van der Waals surface area contributed by atoms with Crippen LogP contribution in [0.3, 0.4) is 0 Å². The number of amides is 2. The first-order valence-corrected chi connectivity index (χ1v) is 16.2. The summed E-state index contributed by atoms with van der Waals surface area (Å²) in [5, 5.41) is 3.83. The Bertz CT molecular complexity index is 1440. The molecule has 3 atom stereocenters. The minimum atomic E-state index is -0.656. The van der Waals surface area contributed by atoms with E-state index in [0.717, 1.165) is 42.1 Å². The van der Waals surface area contributed by atoms with Gasteiger partial charge in [0.15, 0.2) is 0 Å². The third-order valence-electron chi connectivity index (χ3n) is 9.43. The first kappa shape index (κ1) is 32.6. The number of nitrogens with one attached hydrogen (secondary N) is 2. The number of halogens is 1. The molecule has 2 amide bonds. The number of hydrogen-bond donors (Lipinski definition) is 3. The van der Waals surface area contributed by atoms with E-state index in [1.54, 1.807) is 24.1 Å². The zero-order valence-electron chi connectivity index (χ0n) is 26.0. The van der Waals surface area contributed by atoms with E-state index < -0.39 is 18.7 Å². The van der Waals surface area contributed by atoms with Gasteiger partial charge in [0.1, 0.15) is 11.7 Å². The maximum Gasteiger partial charge on any atom is 0.354 e. The van der Waals surface area contributed by atoms with E-state index in [1.165, 1.54) is 0 Å². The highest BCUT2D eigenvalue weighted by molar-refractivity contribution is 6.01. The number of nitrogens with zero attached hydrogens (tertiary/aromatic N) is 1. The number of carbonyl (C=O) groups is 3. The predicted molar refractivity (Wildman–Crippen MR) is 172 cm³/mol. The van der Waals surface area contributed by atoms with Crippen LogP contribution in [0.5, 0.6) is 0 Å². The number of unbranched alkanes of at least 4 members (excludes halogenated alkanes) is 1. The van der Waals surface area contributed by atoms with Crippen LogP contribution in [0.4, 0.5) is 10.1 Å². The van der Waals surface area contributed by atoms with Gasteiger partial charge in [0.05, 0.1) is 13.3 Å². The van der Waals surface area contributed by atoms with E-state index in [-0.39, 0.29) is 35.6 Å². The summed E-state index contributed by atoms with van der Waals surface area (Å²) in [5.74, 6) is -0.732. The number of esters is 1. The van der Waals surface area contributed by atoms with Crippen molar-refractivity contribution in [1.82, 2.24) is 9.88 Å². The molecule has 10 heteroatoms. The Labute approximate surface area is 264 Å². The van der Waals surface area contributed by atoms with Crippen molar-refractivity contribution in [3.63, 3.8) is 0 Å². The van der Waals surface area contributed by atoms with E-state index in [9.17, 15) is 18.8 Å². The molecule has 2 aromatic carbocycles. The Morgan fingerprint density at radius 3 is 2.51 bits per heavy atom. The Morgan fingerprint density at radius 2 is 1.78 bits per heavy atom. The highest BCUT2D eigenvalue weighted by atomic mass is 19.1. The number of anilines is 1. The lowest BCUT2D eigenvalue weighted by atomic mass is 9.77. The normalized spacial score (nSPS) is 22.3. The lowest BCUT2D eigenvalue weighted by Gasteiger charge is -2.35. The van der Waals surface area contributed by atoms with Crippen LogP contribution in [-0.2, 0) is 19.1 Å². The number of hydrogen-bond acceptors (Lipinski definition) is 6. The fourth-order valence-corrected chi connectivity index (χ4v) is 6.93. The van der Waals surface area contributed by atoms with Crippen LogP contribution in [0.15, 0.2) is 54.6 Å². The lowest BCUT2D eigenvalue weighted by Crippen LogP contribution is -2.48. The summed E-state index contributed by atoms with van der Waals surface area (Å²) in [5.41, 5.74) is 8.89. The molecule has 2 fully saturated rings. The summed E-state index contributed by atoms with van der Waals surface area (Å²) in [6.07, 6.45) is 5.57. The van der Waals surface area contributed by atoms with Gasteiger partial charge in [-0.25, -0.2) is 4.79 Å². The number of carbonyl (C=O) groups excluding carboxylic acids is 3. The van der Waals surface area contributed by atoms with Gasteiger partial charge in [-0.1, -0.05) is 30.3 Å². The molecule has 242 valence electrons. The molecule has 1 saturated carbocycles. The summed E-state index contributed by atoms with van der Waals surface area (Å²) >= 11 is 0. The Hall–Kier alpha value is -3.76. The molecule has 0 unspecified atom stereocenters. The van der Waals surface area contributed by atoms with Crippen LogP contribution in [-0.4, -0.2) is 73.3 Å². The number of likely N-dealkylation sites (tertiary alicyclic amines) is 1. The molecule has 1 saturated heterocycles. The molecule has 2 heterocycles. The quantitative estimate of drug-likeness (QED) is 0.170. The number of fused-ring (bicyclic) bond motifs is 1. The molecule has 4 N–H and O–H groups in total. The minimum Gasteiger partial charge on any atom is -0.461 e. The molecule has 1 aliphatic carbocycles. The zero-order chi connectivity index (χ0) is 31.8. The average molecular weight is 621 g/mol. The highest BCUT2D eigenvalue weighted by Crippen LogP contribution is 2.38. The van der Waals surface area contributed by atoms with Gasteiger partial charge in [0, 0.05) is 54.7 Å². The molecule has 9 nitrogen and oxygen atoms in total. The highest BCUT2D eigenvalue weighted by Gasteiger charge is 2.44. The van der Waals surface area contributed by atoms with Gasteiger partial charge in [-0.2, -0.15) is 0 Å². The van der Waals surface area contributed by atoms with Crippen molar-refractivity contribution in [3.05, 3.63) is 65.9 Å². The van der Waals surface area contributed by atoms with Crippen LogP contribution in [0.2, 0.25) is 0 Å². The molecule has 2 aliphatic rings. The number of aromatic nitrogens is 1. The van der Waals surface area contributed by atoms with Gasteiger partial charge in [0.25, 0.3) is 0 Å². The van der Waals surface area contributed by atoms with Gasteiger partial charge < -0.3 is 30.4 Å². The second-order valence-electron chi connectivity index (χ2n) is 12.3. The number of H-pyrrole nitrogens is 1. The van der Waals surface area contributed by atoms with Crippen molar-refractivity contribution in [2.24, 2.45) is 17.6 Å². The number of benzene rings is 2. The number of nitrogens with two attached hydrogens (primary N) is 1. The third-order valence-corrected chi connectivity index (χ3v) is 9.43. The zero-order valence-corrected chi connectivity index (χ0v) is 26.0. The van der Waals surface area contributed by atoms with Gasteiger partial charge in [-0.05, 0) is 87.1 Å². The van der Waals surface area contributed by atoms with Crippen LogP contribution >= 0.6 is 0 Å². The van der Waals surface area contributed by atoms with Crippen LogP contribution < -0.4 is 11.1 Å². The fraction of sp³-hybridized carbons (Fsp3) is 0.514. The Morgan fingerprint density at radius 1 is 1.02 bits per heavy atom. The van der Waals surface area contributed by atoms with Crippen LogP contribution in [0.1, 0.15) is 73.3 Å². The first-order valence-electron chi connectivity index (χ1n) is 16.2. The van der Waals surface area contributed by atoms with Gasteiger partial charge in [-0.15, -0.1) is 0 Å². The van der Waals surface area contributed by atoms with Crippen molar-refractivity contribution in [3.8, 4) is 0 Å². The van der Waals surface area contributed by atoms with E-state index in [4.69, 9.17) is 15.2 Å². The SMILES string of the molecule is COCCCCOC(=O)c1cc2cc(NC(=O)[C@@H]3[C@@H](c4ccccc4)CCN3C(=O)C3CCC([C@H](N)CCF)CC3)ccc2[nH]1. The number of rotatable bonds is 13. The maximum absolute atomic E-state index is 14.0. The van der Waals surface area contributed by atoms with Crippen molar-refractivity contribution >= 4 is 34.4 Å². The molecule has 0 bridgehead atoms. The van der Waals surface area contributed by atoms with Crippen molar-refractivity contribution in [2.45, 2.75) is 69.4 Å². The van der Waals surface area contributed by atoms with Crippen molar-refractivity contribution < 1.29 is 28.2 Å². The second-order valence-corrected chi connectivity index (χ2v) is 12.3. The largest absolute Gasteiger partial charge is 0.461 e. The standard InChI is InChI=1S/C35H45FN4O5/c1-44-19-5-6-20-45-35(43)31-22-26-21-27(13-14-30(26)39-31)38-33(41)32-28(23-7-3-2-4-8-23)16-18-40(32)34(42)25-11-9-24(10-12-25)29(37)15-17-36/h2-4,7-8,13-14,21-22,24-25,28-29,32,39H,5-6,9-12,15-20,37H2,1H3,(H,38,41)/t24?,25?,28-,29-,32+/m1/s1. The Balaban J connectivity index is 1.28. The number of aromatic amines is 1. The minimum absolute atomic E-state index is 0.0116. The molecule has 5 rings (SSSR count). The molecule has 3 aromatic rings. The van der Waals surface area contributed by atoms with E-state index in [2.05, 4.69) is 10.3 Å². The molecular formula is C35H45FN4O5. The molecule has 1 aromatic heterocycles. The monoisotopic (exact) mass is 620 g/mol. The van der Waals surface area contributed by atoms with Crippen LogP contribution in [0.25, 0.3) is 10.9 Å². The number of ether oxygens (including phenoxy) is 2. The summed E-state index contributed by atoms with van der Waals surface area (Å²) in [6, 6.07) is 16.2. The summed E-state index contributed by atoms with van der Waals surface area (Å²) < 4.78 is 23.2. The van der Waals surface area contributed by atoms with E-state index in [1.807, 2.05) is 42.5 Å². The lowest BCUT2D eigenvalue weighted by molar-refractivity contribution is -0.141. The van der Waals surface area contributed by atoms with E-state index >= 15 is 0 Å². The number of alkyl halides is 1. The van der Waals surface area contributed by atoms with Gasteiger partial charge >= 0.3 is 5.97 Å². The van der Waals surface area contributed by atoms with Crippen molar-refractivity contribution in [1.29, 1.82) is 0 Å². The first-order chi connectivity index (χ1) is 21.9. The molecule has 45 heavy (non-hydrogen) atoms. The molecule has 0 spiro atoms. The summed E-state index contributed by atoms with van der Waals surface area (Å²) in [7, 11) is 1.64. The smallest absolute Gasteiger partial charge is 0.354 e. The topological polar surface area (TPSA) is 127 Å². The third kappa shape index (κ3) is 7.91. The maximum atomic E-state index is 14.0. The molecular weight excluding hydrogens is 575 g/mol. The van der Waals surface area contributed by atoms with Crippen LogP contribution in [0, 0.1) is 11.8 Å². The van der Waals surface area contributed by atoms with Crippen molar-refractivity contribution in [2.75, 3.05) is 38.9 Å². The number of methoxy groups -OCH3 is 1. The fourth-order valence-electron chi connectivity index (χ4n) is 6.93. The average Bonchev–Trinajstić information content (AvgIpc) is 3.70. The molecule has 1 aliphatic heterocycles. The summed E-state index contributed by atoms with van der Waals surface area (Å²) in [6.45, 7) is 1.01. The summed E-state index contributed by atoms with van der Waals surface area (Å²) in [4.78, 5) is 45.3. The molecule has 0 radical (unpaired) electrons. The Kier molecular flexibility index (Phi) is 11.2. The van der Waals surface area contributed by atoms with Gasteiger partial charge in [0.2, 0.25) is 11.8 Å². The van der Waals surface area contributed by atoms with Gasteiger partial charge in [-0.3, -0.25) is 14.0 Å². The second kappa shape index (κ2) is 15.5. The van der Waals surface area contributed by atoms with E-state index in [0.29, 0.717) is 56.8 Å².